The SMILES string of the molecule is O=C1C(=C2CCCC2)C(=O)N(c2ccccc2)N1c1ccccc1. The van der Waals surface area contributed by atoms with Gasteiger partial charge in [0.1, 0.15) is 5.57 Å². The summed E-state index contributed by atoms with van der Waals surface area (Å²) in [4.78, 5) is 26.2. The summed E-state index contributed by atoms with van der Waals surface area (Å²) in [6.45, 7) is 0. The Hall–Kier alpha value is -2.88. The van der Waals surface area contributed by atoms with Gasteiger partial charge in [-0.15, -0.1) is 0 Å². The molecule has 4 nitrogen and oxygen atoms in total. The van der Waals surface area contributed by atoms with Gasteiger partial charge in [-0.3, -0.25) is 9.59 Å². The van der Waals surface area contributed by atoms with Crippen molar-refractivity contribution in [2.45, 2.75) is 25.7 Å². The minimum Gasteiger partial charge on any atom is -0.267 e. The Morgan fingerprint density at radius 3 is 1.46 bits per heavy atom. The average Bonchev–Trinajstić information content (AvgIpc) is 3.22. The van der Waals surface area contributed by atoms with E-state index in [-0.39, 0.29) is 11.8 Å². The smallest absolute Gasteiger partial charge is 0.267 e. The first kappa shape index (κ1) is 14.7. The number of carbonyl (C=O) groups excluding carboxylic acids is 2. The van der Waals surface area contributed by atoms with E-state index in [0.29, 0.717) is 16.9 Å². The van der Waals surface area contributed by atoms with Crippen molar-refractivity contribution in [2.24, 2.45) is 0 Å². The van der Waals surface area contributed by atoms with Crippen LogP contribution in [-0.4, -0.2) is 11.8 Å². The van der Waals surface area contributed by atoms with E-state index in [1.165, 1.54) is 10.0 Å². The van der Waals surface area contributed by atoms with Crippen molar-refractivity contribution >= 4 is 23.2 Å². The molecule has 2 aliphatic rings. The van der Waals surface area contributed by atoms with Crippen molar-refractivity contribution in [1.29, 1.82) is 0 Å². The molecule has 24 heavy (non-hydrogen) atoms. The normalized spacial score (nSPS) is 18.0. The third kappa shape index (κ3) is 2.31. The number of rotatable bonds is 2. The van der Waals surface area contributed by atoms with E-state index >= 15 is 0 Å². The summed E-state index contributed by atoms with van der Waals surface area (Å²) < 4.78 is 0. The monoisotopic (exact) mass is 318 g/mol. The van der Waals surface area contributed by atoms with Crippen molar-refractivity contribution in [3.8, 4) is 0 Å². The molecule has 0 unspecified atom stereocenters. The number of para-hydroxylation sites is 2. The first-order chi connectivity index (χ1) is 11.8. The molecule has 4 heteroatoms. The molecule has 0 bridgehead atoms. The van der Waals surface area contributed by atoms with Gasteiger partial charge in [-0.2, -0.15) is 0 Å². The molecule has 1 saturated heterocycles. The molecule has 0 aromatic heterocycles. The average molecular weight is 318 g/mol. The molecule has 120 valence electrons. The lowest BCUT2D eigenvalue weighted by molar-refractivity contribution is -0.116. The van der Waals surface area contributed by atoms with E-state index in [4.69, 9.17) is 0 Å². The Balaban J connectivity index is 1.87. The van der Waals surface area contributed by atoms with Gasteiger partial charge in [0.2, 0.25) is 0 Å². The van der Waals surface area contributed by atoms with E-state index in [0.717, 1.165) is 31.3 Å². The molecule has 0 radical (unpaired) electrons. The van der Waals surface area contributed by atoms with Crippen molar-refractivity contribution in [1.82, 2.24) is 0 Å². The minimum absolute atomic E-state index is 0.216. The van der Waals surface area contributed by atoms with Crippen molar-refractivity contribution in [3.05, 3.63) is 71.8 Å². The number of amides is 2. The number of benzene rings is 2. The van der Waals surface area contributed by atoms with Gasteiger partial charge in [-0.05, 0) is 49.9 Å². The van der Waals surface area contributed by atoms with Gasteiger partial charge in [0.25, 0.3) is 11.8 Å². The molecular formula is C20H18N2O2. The molecule has 2 aromatic carbocycles. The summed E-state index contributed by atoms with van der Waals surface area (Å²) in [5, 5.41) is 3.00. The van der Waals surface area contributed by atoms with Crippen molar-refractivity contribution in [3.63, 3.8) is 0 Å². The first-order valence-electron chi connectivity index (χ1n) is 8.28. The van der Waals surface area contributed by atoms with Crippen LogP contribution in [-0.2, 0) is 9.59 Å². The quantitative estimate of drug-likeness (QED) is 0.623. The van der Waals surface area contributed by atoms with Crippen LogP contribution in [0.4, 0.5) is 11.4 Å². The highest BCUT2D eigenvalue weighted by molar-refractivity contribution is 6.36. The Morgan fingerprint density at radius 2 is 1.04 bits per heavy atom. The Kier molecular flexibility index (Phi) is 3.65. The van der Waals surface area contributed by atoms with E-state index in [1.807, 2.05) is 60.7 Å². The molecule has 1 heterocycles. The lowest BCUT2D eigenvalue weighted by atomic mass is 10.1. The molecule has 0 N–H and O–H groups in total. The predicted molar refractivity (Wildman–Crippen MR) is 93.4 cm³/mol. The summed E-state index contributed by atoms with van der Waals surface area (Å²) in [5.41, 5.74) is 2.77. The van der Waals surface area contributed by atoms with Crippen LogP contribution >= 0.6 is 0 Å². The molecule has 4 rings (SSSR count). The molecule has 0 spiro atoms. The van der Waals surface area contributed by atoms with Crippen LogP contribution in [0.5, 0.6) is 0 Å². The zero-order valence-corrected chi connectivity index (χ0v) is 13.3. The zero-order valence-electron chi connectivity index (χ0n) is 13.3. The molecule has 1 saturated carbocycles. The molecule has 1 aliphatic carbocycles. The predicted octanol–water partition coefficient (Wildman–Crippen LogP) is 3.85. The topological polar surface area (TPSA) is 40.6 Å². The lowest BCUT2D eigenvalue weighted by Crippen LogP contribution is -2.41. The van der Waals surface area contributed by atoms with Gasteiger partial charge in [0.15, 0.2) is 0 Å². The van der Waals surface area contributed by atoms with Crippen molar-refractivity contribution < 1.29 is 9.59 Å². The fourth-order valence-corrected chi connectivity index (χ4v) is 3.44. The van der Waals surface area contributed by atoms with Crippen LogP contribution in [0.1, 0.15) is 25.7 Å². The van der Waals surface area contributed by atoms with E-state index in [9.17, 15) is 9.59 Å². The second kappa shape index (κ2) is 5.96. The highest BCUT2D eigenvalue weighted by Crippen LogP contribution is 2.36. The maximum atomic E-state index is 13.1. The van der Waals surface area contributed by atoms with Crippen molar-refractivity contribution in [2.75, 3.05) is 10.0 Å². The van der Waals surface area contributed by atoms with E-state index in [1.54, 1.807) is 0 Å². The second-order valence-corrected chi connectivity index (χ2v) is 6.09. The number of anilines is 2. The Morgan fingerprint density at radius 1 is 0.625 bits per heavy atom. The summed E-state index contributed by atoms with van der Waals surface area (Å²) in [5.74, 6) is -0.432. The third-order valence-electron chi connectivity index (χ3n) is 4.57. The Bertz CT molecular complexity index is 745. The highest BCUT2D eigenvalue weighted by Gasteiger charge is 2.44. The van der Waals surface area contributed by atoms with Gasteiger partial charge in [-0.25, -0.2) is 10.0 Å². The maximum Gasteiger partial charge on any atom is 0.283 e. The van der Waals surface area contributed by atoms with Gasteiger partial charge >= 0.3 is 0 Å². The fraction of sp³-hybridized carbons (Fsp3) is 0.200. The van der Waals surface area contributed by atoms with Crippen LogP contribution in [0.2, 0.25) is 0 Å². The van der Waals surface area contributed by atoms with Gasteiger partial charge < -0.3 is 0 Å². The largest absolute Gasteiger partial charge is 0.283 e. The number of hydrogen-bond acceptors (Lipinski definition) is 2. The number of nitrogens with zero attached hydrogens (tertiary/aromatic N) is 2. The number of hydrazine groups is 1. The summed E-state index contributed by atoms with van der Waals surface area (Å²) >= 11 is 0. The second-order valence-electron chi connectivity index (χ2n) is 6.09. The van der Waals surface area contributed by atoms with Gasteiger partial charge in [0, 0.05) is 0 Å². The van der Waals surface area contributed by atoms with Gasteiger partial charge in [0.05, 0.1) is 11.4 Å². The number of carbonyl (C=O) groups is 2. The number of hydrogen-bond donors (Lipinski definition) is 0. The summed E-state index contributed by atoms with van der Waals surface area (Å²) in [6.07, 6.45) is 3.79. The first-order valence-corrected chi connectivity index (χ1v) is 8.28. The van der Waals surface area contributed by atoms with Crippen LogP contribution in [0.25, 0.3) is 0 Å². The molecule has 2 aromatic rings. The van der Waals surface area contributed by atoms with Crippen LogP contribution in [0, 0.1) is 0 Å². The summed E-state index contributed by atoms with van der Waals surface area (Å²) in [6, 6.07) is 18.7. The molecule has 2 amide bonds. The van der Waals surface area contributed by atoms with E-state index in [2.05, 4.69) is 0 Å². The van der Waals surface area contributed by atoms with Gasteiger partial charge in [-0.1, -0.05) is 42.0 Å². The minimum atomic E-state index is -0.216. The van der Waals surface area contributed by atoms with Crippen LogP contribution in [0.3, 0.4) is 0 Å². The molecular weight excluding hydrogens is 300 g/mol. The molecule has 1 aliphatic heterocycles. The maximum absolute atomic E-state index is 13.1. The fourth-order valence-electron chi connectivity index (χ4n) is 3.44. The lowest BCUT2D eigenvalue weighted by Gasteiger charge is -2.27. The summed E-state index contributed by atoms with van der Waals surface area (Å²) in [7, 11) is 0. The molecule has 2 fully saturated rings. The standard InChI is InChI=1S/C20H18N2O2/c23-19-18(15-9-7-8-10-15)20(24)22(17-13-5-2-6-14-17)21(19)16-11-3-1-4-12-16/h1-6,11-14H,7-10H2. The van der Waals surface area contributed by atoms with E-state index < -0.39 is 0 Å². The zero-order chi connectivity index (χ0) is 16.5. The molecule has 0 atom stereocenters. The van der Waals surface area contributed by atoms with Crippen LogP contribution in [0.15, 0.2) is 71.8 Å². The number of allylic oxidation sites excluding steroid dienone is 1. The Labute approximate surface area is 141 Å². The van der Waals surface area contributed by atoms with Crippen LogP contribution < -0.4 is 10.0 Å². The third-order valence-corrected chi connectivity index (χ3v) is 4.57. The highest BCUT2D eigenvalue weighted by atomic mass is 16.2.